The van der Waals surface area contributed by atoms with Crippen LogP contribution in [0.25, 0.3) is 10.9 Å². The number of benzene rings is 3. The fourth-order valence-corrected chi connectivity index (χ4v) is 3.46. The van der Waals surface area contributed by atoms with Gasteiger partial charge in [-0.05, 0) is 55.0 Å². The average molecular weight is 428 g/mol. The summed E-state index contributed by atoms with van der Waals surface area (Å²) >= 11 is 0. The number of pyridine rings is 1. The standard InChI is InChI=1S/C26H24N2O4/c1-3-31-21-13-14-24-22(15-21)25(29)23(16-28(24)2)26(30)27-19-9-11-20(12-10-19)32-17-18-7-5-4-6-8-18/h4-16H,3,17H2,1-2H3,(H,27,30). The summed E-state index contributed by atoms with van der Waals surface area (Å²) in [6.45, 7) is 2.84. The molecule has 0 aliphatic heterocycles. The molecule has 6 heteroatoms. The van der Waals surface area contributed by atoms with E-state index in [1.165, 1.54) is 0 Å². The number of aryl methyl sites for hydroxylation is 1. The van der Waals surface area contributed by atoms with Gasteiger partial charge in [-0.25, -0.2) is 0 Å². The molecule has 0 fully saturated rings. The van der Waals surface area contributed by atoms with Crippen LogP contribution in [-0.2, 0) is 13.7 Å². The molecule has 0 aliphatic rings. The van der Waals surface area contributed by atoms with E-state index in [1.54, 1.807) is 48.1 Å². The highest BCUT2D eigenvalue weighted by Crippen LogP contribution is 2.20. The third-order valence-corrected chi connectivity index (χ3v) is 5.08. The first-order valence-electron chi connectivity index (χ1n) is 10.4. The fourth-order valence-electron chi connectivity index (χ4n) is 3.46. The number of nitrogens with one attached hydrogen (secondary N) is 1. The first-order valence-corrected chi connectivity index (χ1v) is 10.4. The molecule has 0 saturated heterocycles. The second kappa shape index (κ2) is 9.39. The lowest BCUT2D eigenvalue weighted by molar-refractivity contribution is 0.102. The quantitative estimate of drug-likeness (QED) is 0.460. The van der Waals surface area contributed by atoms with E-state index in [2.05, 4.69) is 5.32 Å². The lowest BCUT2D eigenvalue weighted by Crippen LogP contribution is -2.23. The minimum Gasteiger partial charge on any atom is -0.494 e. The summed E-state index contributed by atoms with van der Waals surface area (Å²) in [5.41, 5.74) is 2.12. The van der Waals surface area contributed by atoms with Gasteiger partial charge in [0.15, 0.2) is 0 Å². The first-order chi connectivity index (χ1) is 15.5. The SMILES string of the molecule is CCOc1ccc2c(c1)c(=O)c(C(=O)Nc1ccc(OCc3ccccc3)cc1)cn2C. The van der Waals surface area contributed by atoms with Crippen LogP contribution in [-0.4, -0.2) is 17.1 Å². The Bertz CT molecular complexity index is 1300. The largest absolute Gasteiger partial charge is 0.494 e. The van der Waals surface area contributed by atoms with Crippen molar-refractivity contribution in [2.24, 2.45) is 7.05 Å². The Kier molecular flexibility index (Phi) is 6.22. The van der Waals surface area contributed by atoms with Crippen molar-refractivity contribution in [2.75, 3.05) is 11.9 Å². The number of hydrogen-bond donors (Lipinski definition) is 1. The maximum atomic E-state index is 13.0. The normalized spacial score (nSPS) is 10.7. The van der Waals surface area contributed by atoms with Crippen LogP contribution in [0.15, 0.2) is 83.8 Å². The Labute approximate surface area is 186 Å². The van der Waals surface area contributed by atoms with Crippen LogP contribution in [0, 0.1) is 0 Å². The van der Waals surface area contributed by atoms with Crippen molar-refractivity contribution in [2.45, 2.75) is 13.5 Å². The van der Waals surface area contributed by atoms with Crippen LogP contribution < -0.4 is 20.2 Å². The van der Waals surface area contributed by atoms with Crippen molar-refractivity contribution in [3.63, 3.8) is 0 Å². The molecule has 32 heavy (non-hydrogen) atoms. The van der Waals surface area contributed by atoms with Crippen LogP contribution in [0.3, 0.4) is 0 Å². The van der Waals surface area contributed by atoms with Gasteiger partial charge in [-0.2, -0.15) is 0 Å². The number of amides is 1. The molecule has 0 unspecified atom stereocenters. The van der Waals surface area contributed by atoms with E-state index in [4.69, 9.17) is 9.47 Å². The van der Waals surface area contributed by atoms with Gasteiger partial charge in [0.25, 0.3) is 5.91 Å². The van der Waals surface area contributed by atoms with Crippen molar-refractivity contribution < 1.29 is 14.3 Å². The molecular weight excluding hydrogens is 404 g/mol. The number of ether oxygens (including phenoxy) is 2. The third kappa shape index (κ3) is 4.64. The first kappa shape index (κ1) is 21.2. The molecule has 0 saturated carbocycles. The van der Waals surface area contributed by atoms with Gasteiger partial charge in [-0.15, -0.1) is 0 Å². The van der Waals surface area contributed by atoms with Gasteiger partial charge >= 0.3 is 0 Å². The van der Waals surface area contributed by atoms with E-state index < -0.39 is 5.91 Å². The van der Waals surface area contributed by atoms with E-state index in [-0.39, 0.29) is 11.0 Å². The molecule has 1 heterocycles. The zero-order chi connectivity index (χ0) is 22.5. The summed E-state index contributed by atoms with van der Waals surface area (Å²) in [5, 5.41) is 3.23. The Morgan fingerprint density at radius 2 is 1.66 bits per heavy atom. The van der Waals surface area contributed by atoms with E-state index in [0.29, 0.717) is 35.8 Å². The zero-order valence-electron chi connectivity index (χ0n) is 18.0. The maximum Gasteiger partial charge on any atom is 0.261 e. The van der Waals surface area contributed by atoms with Gasteiger partial charge < -0.3 is 19.4 Å². The molecule has 0 radical (unpaired) electrons. The van der Waals surface area contributed by atoms with E-state index in [1.807, 2.05) is 49.4 Å². The number of fused-ring (bicyclic) bond motifs is 1. The second-order valence-electron chi connectivity index (χ2n) is 7.35. The van der Waals surface area contributed by atoms with E-state index >= 15 is 0 Å². The molecule has 0 aliphatic carbocycles. The number of rotatable bonds is 7. The van der Waals surface area contributed by atoms with Gasteiger partial charge in [0.2, 0.25) is 5.43 Å². The molecule has 0 bridgehead atoms. The minimum atomic E-state index is -0.465. The molecule has 4 rings (SSSR count). The zero-order valence-corrected chi connectivity index (χ0v) is 18.0. The molecule has 1 aromatic heterocycles. The highest BCUT2D eigenvalue weighted by molar-refractivity contribution is 6.05. The predicted molar refractivity (Wildman–Crippen MR) is 126 cm³/mol. The summed E-state index contributed by atoms with van der Waals surface area (Å²) in [7, 11) is 1.80. The minimum absolute atomic E-state index is 0.0676. The Hall–Kier alpha value is -4.06. The number of carbonyl (C=O) groups excluding carboxylic acids is 1. The summed E-state index contributed by atoms with van der Waals surface area (Å²) in [6.07, 6.45) is 1.55. The smallest absolute Gasteiger partial charge is 0.261 e. The maximum absolute atomic E-state index is 13.0. The van der Waals surface area contributed by atoms with Crippen molar-refractivity contribution >= 4 is 22.5 Å². The summed E-state index contributed by atoms with van der Waals surface area (Å²) < 4.78 is 13.0. The van der Waals surface area contributed by atoms with Gasteiger partial charge in [0.1, 0.15) is 23.7 Å². The number of anilines is 1. The molecule has 3 aromatic carbocycles. The lowest BCUT2D eigenvalue weighted by atomic mass is 10.1. The molecule has 4 aromatic rings. The summed E-state index contributed by atoms with van der Waals surface area (Å²) in [4.78, 5) is 25.8. The van der Waals surface area contributed by atoms with Crippen molar-refractivity contribution in [3.05, 3.63) is 100 Å². The Morgan fingerprint density at radius 3 is 2.38 bits per heavy atom. The van der Waals surface area contributed by atoms with Gasteiger partial charge in [-0.3, -0.25) is 9.59 Å². The fraction of sp³-hybridized carbons (Fsp3) is 0.154. The summed E-state index contributed by atoms with van der Waals surface area (Å²) in [5.74, 6) is 0.824. The highest BCUT2D eigenvalue weighted by Gasteiger charge is 2.15. The topological polar surface area (TPSA) is 69.6 Å². The second-order valence-corrected chi connectivity index (χ2v) is 7.35. The van der Waals surface area contributed by atoms with Crippen LogP contribution >= 0.6 is 0 Å². The molecule has 6 nitrogen and oxygen atoms in total. The number of hydrogen-bond acceptors (Lipinski definition) is 4. The molecule has 162 valence electrons. The highest BCUT2D eigenvalue weighted by atomic mass is 16.5. The van der Waals surface area contributed by atoms with Crippen LogP contribution in [0.4, 0.5) is 5.69 Å². The van der Waals surface area contributed by atoms with Crippen molar-refractivity contribution in [1.82, 2.24) is 4.57 Å². The predicted octanol–water partition coefficient (Wildman–Crippen LogP) is 4.77. The van der Waals surface area contributed by atoms with Gasteiger partial charge in [0.05, 0.1) is 17.5 Å². The molecule has 1 amide bonds. The molecule has 0 spiro atoms. The van der Waals surface area contributed by atoms with Gasteiger partial charge in [-0.1, -0.05) is 30.3 Å². The van der Waals surface area contributed by atoms with Crippen molar-refractivity contribution in [3.8, 4) is 11.5 Å². The third-order valence-electron chi connectivity index (χ3n) is 5.08. The van der Waals surface area contributed by atoms with Gasteiger partial charge in [0, 0.05) is 18.9 Å². The number of nitrogens with zero attached hydrogens (tertiary/aromatic N) is 1. The average Bonchev–Trinajstić information content (AvgIpc) is 2.82. The van der Waals surface area contributed by atoms with E-state index in [0.717, 1.165) is 11.1 Å². The van der Waals surface area contributed by atoms with E-state index in [9.17, 15) is 9.59 Å². The van der Waals surface area contributed by atoms with Crippen LogP contribution in [0.2, 0.25) is 0 Å². The lowest BCUT2D eigenvalue weighted by Gasteiger charge is -2.12. The van der Waals surface area contributed by atoms with Crippen LogP contribution in [0.5, 0.6) is 11.5 Å². The molecule has 0 atom stereocenters. The Balaban J connectivity index is 1.50. The molecule has 1 N–H and O–H groups in total. The van der Waals surface area contributed by atoms with Crippen molar-refractivity contribution in [1.29, 1.82) is 0 Å². The number of aromatic nitrogens is 1. The van der Waals surface area contributed by atoms with Crippen LogP contribution in [0.1, 0.15) is 22.8 Å². The monoisotopic (exact) mass is 428 g/mol. The summed E-state index contributed by atoms with van der Waals surface area (Å²) in [6, 6.07) is 22.2. The Morgan fingerprint density at radius 1 is 0.938 bits per heavy atom. The number of carbonyl (C=O) groups is 1. The molecular formula is C26H24N2O4.